The molecule has 0 radical (unpaired) electrons. The van der Waals surface area contributed by atoms with E-state index in [2.05, 4.69) is 153 Å². The van der Waals surface area contributed by atoms with Gasteiger partial charge in [-0.3, -0.25) is 0 Å². The van der Waals surface area contributed by atoms with Gasteiger partial charge in [0.15, 0.2) is 0 Å². The number of fused-ring (bicyclic) bond motifs is 2. The lowest BCUT2D eigenvalue weighted by Crippen LogP contribution is -2.23. The molecule has 0 bridgehead atoms. The van der Waals surface area contributed by atoms with Gasteiger partial charge in [0.05, 0.1) is 0 Å². The summed E-state index contributed by atoms with van der Waals surface area (Å²) in [6, 6.07) is 30.0. The average molecular weight is 605 g/mol. The molecule has 3 aliphatic rings. The highest BCUT2D eigenvalue weighted by atomic mass is 15.2. The van der Waals surface area contributed by atoms with E-state index in [0.29, 0.717) is 0 Å². The lowest BCUT2D eigenvalue weighted by Gasteiger charge is -2.23. The predicted octanol–water partition coefficient (Wildman–Crippen LogP) is 9.02. The summed E-state index contributed by atoms with van der Waals surface area (Å²) in [6.45, 7) is 9.19. The molecule has 2 aromatic carbocycles. The Labute approximate surface area is 273 Å². The van der Waals surface area contributed by atoms with Crippen LogP contribution in [0.3, 0.4) is 0 Å². The summed E-state index contributed by atoms with van der Waals surface area (Å²) < 4.78 is 2.43. The number of allylic oxidation sites excluding steroid dienone is 8. The number of hydrogen-bond donors (Lipinski definition) is 0. The van der Waals surface area contributed by atoms with Gasteiger partial charge in [-0.05, 0) is 37.1 Å². The summed E-state index contributed by atoms with van der Waals surface area (Å²) in [5, 5.41) is 0. The van der Waals surface area contributed by atoms with Gasteiger partial charge in [-0.25, -0.2) is 9.97 Å². The molecule has 1 fully saturated rings. The molecule has 5 heteroatoms. The van der Waals surface area contributed by atoms with Crippen LogP contribution in [0.2, 0.25) is 0 Å². The number of benzene rings is 2. The molecule has 2 aromatic heterocycles. The number of likely N-dealkylation sites (N-methyl/N-ethyl adjacent to an activating group) is 2. The van der Waals surface area contributed by atoms with Crippen LogP contribution in [-0.2, 0) is 10.8 Å². The summed E-state index contributed by atoms with van der Waals surface area (Å²) in [6.07, 6.45) is 15.0. The minimum Gasteiger partial charge on any atom is -0.332 e. The minimum atomic E-state index is -0.141. The van der Waals surface area contributed by atoms with E-state index in [1.54, 1.807) is 0 Å². The Morgan fingerprint density at radius 2 is 0.978 bits per heavy atom. The Hall–Kier alpha value is -5.03. The van der Waals surface area contributed by atoms with Crippen LogP contribution in [0, 0.1) is 0 Å². The maximum atomic E-state index is 4.72. The van der Waals surface area contributed by atoms with Crippen LogP contribution < -0.4 is 14.4 Å². The molecule has 0 unspecified atom stereocenters. The van der Waals surface area contributed by atoms with Crippen molar-refractivity contribution in [3.63, 3.8) is 0 Å². The van der Waals surface area contributed by atoms with Crippen LogP contribution in [0.25, 0.3) is 0 Å². The maximum absolute atomic E-state index is 4.72. The third kappa shape index (κ3) is 4.82. The average Bonchev–Trinajstić information content (AvgIpc) is 3.62. The Bertz CT molecular complexity index is 1820. The number of para-hydroxylation sites is 2. The number of pyridine rings is 2. The second kappa shape index (κ2) is 11.4. The van der Waals surface area contributed by atoms with Crippen molar-refractivity contribution < 1.29 is 0 Å². The topological polar surface area (TPSA) is 35.3 Å². The van der Waals surface area contributed by atoms with Crippen LogP contribution in [-0.4, -0.2) is 29.8 Å². The molecule has 4 heterocycles. The summed E-state index contributed by atoms with van der Waals surface area (Å²) in [5.74, 6) is 2.07. The smallest absolute Gasteiger partial charge is 0.218 e. The van der Waals surface area contributed by atoms with Crippen molar-refractivity contribution in [2.45, 2.75) is 51.4 Å². The standard InChI is InChI=1S/C41H42N5/c1-40(2)33-19-13-27-42-38(33)44(5)35(40)25-23-29-21-22-30(24-26-36-41(3,4)34-20-14-28-43-39(34)45(36)6)37(29)46(31-15-9-7-10-16-31)32-17-11-8-12-18-32/h7-20,23-28H,21-22H2,1-6H3/q+1. The van der Waals surface area contributed by atoms with E-state index in [9.17, 15) is 0 Å². The zero-order valence-electron chi connectivity index (χ0n) is 27.7. The van der Waals surface area contributed by atoms with Crippen LogP contribution in [0.5, 0.6) is 0 Å². The van der Waals surface area contributed by atoms with Crippen molar-refractivity contribution in [1.82, 2.24) is 14.5 Å². The van der Waals surface area contributed by atoms with Gasteiger partial charge in [-0.2, -0.15) is 4.58 Å². The van der Waals surface area contributed by atoms with Gasteiger partial charge in [0.1, 0.15) is 11.6 Å². The van der Waals surface area contributed by atoms with Gasteiger partial charge in [-0.15, -0.1) is 0 Å². The molecule has 5 nitrogen and oxygen atoms in total. The molecule has 4 aromatic rings. The largest absolute Gasteiger partial charge is 0.332 e. The number of hydrogen-bond acceptors (Lipinski definition) is 4. The molecular formula is C41H42N5+. The van der Waals surface area contributed by atoms with Crippen molar-refractivity contribution in [3.8, 4) is 0 Å². The Balaban J connectivity index is 1.41. The minimum absolute atomic E-state index is 0.141. The van der Waals surface area contributed by atoms with Crippen molar-refractivity contribution >= 4 is 28.7 Å². The van der Waals surface area contributed by atoms with Crippen molar-refractivity contribution in [1.29, 1.82) is 0 Å². The van der Waals surface area contributed by atoms with E-state index in [4.69, 9.17) is 9.97 Å². The van der Waals surface area contributed by atoms with E-state index in [0.717, 1.165) is 35.9 Å². The molecule has 1 aliphatic carbocycles. The zero-order valence-corrected chi connectivity index (χ0v) is 27.7. The molecule has 46 heavy (non-hydrogen) atoms. The molecule has 0 spiro atoms. The SMILES string of the molecule is CN1/C(=C/C=C2\CC/C(=C\C=C3\N(C)c4ncccc4C3(C)C)C2=[N+](c2ccccc2)c2ccccc2)C(C)(C)c2cccnc21. The van der Waals surface area contributed by atoms with Gasteiger partial charge < -0.3 is 9.80 Å². The van der Waals surface area contributed by atoms with E-state index in [1.807, 2.05) is 24.5 Å². The van der Waals surface area contributed by atoms with Gasteiger partial charge in [0.25, 0.3) is 0 Å². The first kappa shape index (κ1) is 29.7. The number of nitrogens with zero attached hydrogens (tertiary/aromatic N) is 5. The van der Waals surface area contributed by atoms with E-state index in [1.165, 1.54) is 39.4 Å². The highest BCUT2D eigenvalue weighted by molar-refractivity contribution is 6.17. The Morgan fingerprint density at radius 1 is 0.565 bits per heavy atom. The van der Waals surface area contributed by atoms with Crippen LogP contribution in [0.1, 0.15) is 51.7 Å². The van der Waals surface area contributed by atoms with Crippen molar-refractivity contribution in [2.75, 3.05) is 23.9 Å². The molecule has 0 amide bonds. The molecule has 1 saturated carbocycles. The van der Waals surface area contributed by atoms with Crippen molar-refractivity contribution in [2.24, 2.45) is 0 Å². The van der Waals surface area contributed by atoms with Gasteiger partial charge in [-0.1, -0.05) is 88.4 Å². The summed E-state index contributed by atoms with van der Waals surface area (Å²) in [4.78, 5) is 13.9. The molecule has 7 rings (SSSR count). The highest BCUT2D eigenvalue weighted by Crippen LogP contribution is 2.47. The third-order valence-corrected chi connectivity index (χ3v) is 9.97. The van der Waals surface area contributed by atoms with Crippen LogP contribution in [0.15, 0.2) is 144 Å². The fraction of sp³-hybridized carbons (Fsp3) is 0.244. The van der Waals surface area contributed by atoms with E-state index in [-0.39, 0.29) is 10.8 Å². The molecular weight excluding hydrogens is 562 g/mol. The normalized spacial score (nSPS) is 21.5. The molecule has 0 atom stereocenters. The first-order valence-corrected chi connectivity index (χ1v) is 16.2. The van der Waals surface area contributed by atoms with E-state index >= 15 is 0 Å². The first-order valence-electron chi connectivity index (χ1n) is 16.2. The Kier molecular flexibility index (Phi) is 7.35. The highest BCUT2D eigenvalue weighted by Gasteiger charge is 2.41. The van der Waals surface area contributed by atoms with Crippen LogP contribution in [0.4, 0.5) is 23.0 Å². The fourth-order valence-corrected chi connectivity index (χ4v) is 7.53. The number of anilines is 2. The first-order chi connectivity index (χ1) is 22.2. The summed E-state index contributed by atoms with van der Waals surface area (Å²) in [5.41, 5.74) is 10.9. The molecule has 0 N–H and O–H groups in total. The third-order valence-electron chi connectivity index (χ3n) is 9.97. The fourth-order valence-electron chi connectivity index (χ4n) is 7.53. The lowest BCUT2D eigenvalue weighted by atomic mass is 9.84. The maximum Gasteiger partial charge on any atom is 0.218 e. The molecule has 2 aliphatic heterocycles. The lowest BCUT2D eigenvalue weighted by molar-refractivity contribution is 0.640. The van der Waals surface area contributed by atoms with Gasteiger partial charge >= 0.3 is 0 Å². The Morgan fingerprint density at radius 3 is 1.37 bits per heavy atom. The quantitative estimate of drug-likeness (QED) is 0.218. The summed E-state index contributed by atoms with van der Waals surface area (Å²) in [7, 11) is 4.27. The van der Waals surface area contributed by atoms with E-state index < -0.39 is 0 Å². The predicted molar refractivity (Wildman–Crippen MR) is 192 cm³/mol. The summed E-state index contributed by atoms with van der Waals surface area (Å²) >= 11 is 0. The van der Waals surface area contributed by atoms with Crippen molar-refractivity contribution in [3.05, 3.63) is 155 Å². The molecule has 230 valence electrons. The molecule has 0 saturated heterocycles. The van der Waals surface area contributed by atoms with Gasteiger partial charge in [0, 0.05) is 95.3 Å². The zero-order chi connectivity index (χ0) is 32.1. The monoisotopic (exact) mass is 604 g/mol. The number of aromatic nitrogens is 2. The van der Waals surface area contributed by atoms with Gasteiger partial charge in [0.2, 0.25) is 17.1 Å². The number of rotatable bonds is 4. The second-order valence-corrected chi connectivity index (χ2v) is 13.5. The van der Waals surface area contributed by atoms with Crippen LogP contribution >= 0.6 is 0 Å². The second-order valence-electron chi connectivity index (χ2n) is 13.5.